The minimum absolute atomic E-state index is 0.435. The summed E-state index contributed by atoms with van der Waals surface area (Å²) in [6, 6.07) is 18.0. The third-order valence-electron chi connectivity index (χ3n) is 6.54. The number of nitrogens with two attached hydrogens (primary N) is 1. The number of aryl methyl sites for hydroxylation is 2. The lowest BCUT2D eigenvalue weighted by atomic mass is 9.97. The lowest BCUT2D eigenvalue weighted by molar-refractivity contribution is 0.100. The number of benzene rings is 3. The summed E-state index contributed by atoms with van der Waals surface area (Å²) in [6.07, 6.45) is 3.99. The van der Waals surface area contributed by atoms with Crippen LogP contribution in [0, 0.1) is 13.8 Å². The van der Waals surface area contributed by atoms with Gasteiger partial charge >= 0.3 is 0 Å². The van der Waals surface area contributed by atoms with Crippen molar-refractivity contribution in [2.45, 2.75) is 32.7 Å². The molecule has 4 aromatic rings. The molecule has 1 atom stereocenters. The molecule has 0 saturated carbocycles. The van der Waals surface area contributed by atoms with Crippen LogP contribution in [0.15, 0.2) is 60.8 Å². The summed E-state index contributed by atoms with van der Waals surface area (Å²) in [5.74, 6) is 0.319. The van der Waals surface area contributed by atoms with Gasteiger partial charge in [0.15, 0.2) is 0 Å². The predicted molar refractivity (Wildman–Crippen MR) is 142 cm³/mol. The molecule has 3 N–H and O–H groups in total. The van der Waals surface area contributed by atoms with Crippen LogP contribution in [0.1, 0.15) is 34.3 Å². The number of rotatable bonds is 7. The first-order chi connectivity index (χ1) is 16.9. The van der Waals surface area contributed by atoms with E-state index >= 15 is 0 Å². The smallest absolute Gasteiger partial charge is 0.248 e. The van der Waals surface area contributed by atoms with Crippen LogP contribution in [0.4, 0.5) is 0 Å². The quantitative estimate of drug-likeness (QED) is 0.333. The van der Waals surface area contributed by atoms with Gasteiger partial charge in [-0.2, -0.15) is 0 Å². The molecule has 178 valence electrons. The highest BCUT2D eigenvalue weighted by atomic mass is 35.5. The van der Waals surface area contributed by atoms with Crippen LogP contribution in [0.3, 0.4) is 0 Å². The van der Waals surface area contributed by atoms with E-state index < -0.39 is 5.91 Å². The number of hydrogen-bond donors (Lipinski definition) is 2. The third-order valence-corrected chi connectivity index (χ3v) is 6.85. The zero-order valence-electron chi connectivity index (χ0n) is 19.9. The lowest BCUT2D eigenvalue weighted by Gasteiger charge is -2.27. The van der Waals surface area contributed by atoms with Gasteiger partial charge < -0.3 is 15.8 Å². The van der Waals surface area contributed by atoms with Crippen LogP contribution in [0.2, 0.25) is 5.02 Å². The molecule has 0 aliphatic carbocycles. The fourth-order valence-electron chi connectivity index (χ4n) is 4.64. The number of primary amides is 1. The number of ether oxygens (including phenoxy) is 1. The molecule has 6 heteroatoms. The molecular formula is C29H28ClN3O2. The monoisotopic (exact) mass is 485 g/mol. The minimum atomic E-state index is -0.476. The third kappa shape index (κ3) is 4.88. The molecule has 2 heterocycles. The van der Waals surface area contributed by atoms with Gasteiger partial charge in [0.2, 0.25) is 5.91 Å². The largest absolute Gasteiger partial charge is 0.492 e. The van der Waals surface area contributed by atoms with Gasteiger partial charge in [0.05, 0.1) is 17.1 Å². The summed E-state index contributed by atoms with van der Waals surface area (Å²) in [4.78, 5) is 16.5. The number of aromatic nitrogens is 1. The molecule has 0 spiro atoms. The van der Waals surface area contributed by atoms with Crippen LogP contribution in [-0.4, -0.2) is 30.1 Å². The molecule has 1 unspecified atom stereocenters. The Bertz CT molecular complexity index is 1410. The molecule has 1 amide bonds. The number of nitrogens with zero attached hydrogens (tertiary/aromatic N) is 1. The van der Waals surface area contributed by atoms with Crippen LogP contribution in [0.5, 0.6) is 5.75 Å². The first-order valence-corrected chi connectivity index (χ1v) is 12.2. The number of carbonyl (C=O) groups is 1. The number of hydrogen-bond acceptors (Lipinski definition) is 4. The van der Waals surface area contributed by atoms with E-state index in [1.165, 1.54) is 17.5 Å². The van der Waals surface area contributed by atoms with Gasteiger partial charge in [-0.3, -0.25) is 9.78 Å². The Morgan fingerprint density at radius 2 is 1.86 bits per heavy atom. The fraction of sp³-hybridized carbons (Fsp3) is 0.241. The normalized spacial score (nSPS) is 15.1. The van der Waals surface area contributed by atoms with Gasteiger partial charge in [0.25, 0.3) is 0 Å². The van der Waals surface area contributed by atoms with Gasteiger partial charge in [-0.25, -0.2) is 0 Å². The number of pyridine rings is 1. The van der Waals surface area contributed by atoms with E-state index in [9.17, 15) is 4.79 Å². The standard InChI is InChI=1S/C29H28ClN3O2/c1-17-10-18(2)12-21(11-17)25-16-33-27-15-26(30)23(19-4-3-5-20(13-19)29(31)34)14-24(27)28(25)35-9-7-22-6-8-32-22/h3-5,10-16,22,32H,6-9H2,1-2H3,(H2,31,34). The summed E-state index contributed by atoms with van der Waals surface area (Å²) < 4.78 is 6.49. The summed E-state index contributed by atoms with van der Waals surface area (Å²) in [5.41, 5.74) is 12.7. The minimum Gasteiger partial charge on any atom is -0.492 e. The zero-order chi connectivity index (χ0) is 24.5. The Balaban J connectivity index is 1.66. The molecule has 1 fully saturated rings. The molecule has 1 aromatic heterocycles. The average molecular weight is 486 g/mol. The van der Waals surface area contributed by atoms with Crippen molar-refractivity contribution in [1.82, 2.24) is 10.3 Å². The summed E-state index contributed by atoms with van der Waals surface area (Å²) in [6.45, 7) is 5.86. The summed E-state index contributed by atoms with van der Waals surface area (Å²) in [7, 11) is 0. The SMILES string of the molecule is Cc1cc(C)cc(-c2cnc3cc(Cl)c(-c4cccc(C(N)=O)c4)cc3c2OCCC2CCN2)c1. The Hall–Kier alpha value is -3.41. The van der Waals surface area contributed by atoms with Crippen LogP contribution in [0.25, 0.3) is 33.2 Å². The molecule has 3 aromatic carbocycles. The van der Waals surface area contributed by atoms with Crippen molar-refractivity contribution in [3.05, 3.63) is 82.5 Å². The Morgan fingerprint density at radius 1 is 1.09 bits per heavy atom. The molecule has 0 bridgehead atoms. The molecule has 0 radical (unpaired) electrons. The number of amides is 1. The van der Waals surface area contributed by atoms with E-state index in [0.717, 1.165) is 51.9 Å². The van der Waals surface area contributed by atoms with Crippen molar-refractivity contribution in [3.63, 3.8) is 0 Å². The van der Waals surface area contributed by atoms with Crippen molar-refractivity contribution in [2.75, 3.05) is 13.2 Å². The van der Waals surface area contributed by atoms with E-state index in [1.54, 1.807) is 12.1 Å². The molecular weight excluding hydrogens is 458 g/mol. The highest BCUT2D eigenvalue weighted by molar-refractivity contribution is 6.34. The Labute approximate surface area is 210 Å². The molecule has 1 aliphatic rings. The first-order valence-electron chi connectivity index (χ1n) is 11.9. The maximum absolute atomic E-state index is 11.7. The van der Waals surface area contributed by atoms with Gasteiger partial charge in [0.1, 0.15) is 5.75 Å². The van der Waals surface area contributed by atoms with Crippen molar-refractivity contribution in [2.24, 2.45) is 5.73 Å². The second-order valence-electron chi connectivity index (χ2n) is 9.25. The maximum Gasteiger partial charge on any atom is 0.248 e. The van der Waals surface area contributed by atoms with Crippen LogP contribution >= 0.6 is 11.6 Å². The second-order valence-corrected chi connectivity index (χ2v) is 9.66. The Kier molecular flexibility index (Phi) is 6.46. The van der Waals surface area contributed by atoms with Crippen molar-refractivity contribution in [1.29, 1.82) is 0 Å². The fourth-order valence-corrected chi connectivity index (χ4v) is 4.91. The van der Waals surface area contributed by atoms with Crippen molar-refractivity contribution < 1.29 is 9.53 Å². The van der Waals surface area contributed by atoms with Crippen LogP contribution < -0.4 is 15.8 Å². The van der Waals surface area contributed by atoms with E-state index in [-0.39, 0.29) is 0 Å². The lowest BCUT2D eigenvalue weighted by Crippen LogP contribution is -2.43. The molecule has 5 rings (SSSR count). The molecule has 5 nitrogen and oxygen atoms in total. The Morgan fingerprint density at radius 3 is 2.54 bits per heavy atom. The molecule has 1 aliphatic heterocycles. The number of halogens is 1. The highest BCUT2D eigenvalue weighted by Crippen LogP contribution is 2.41. The number of fused-ring (bicyclic) bond motifs is 1. The van der Waals surface area contributed by atoms with Gasteiger partial charge in [-0.05, 0) is 68.6 Å². The van der Waals surface area contributed by atoms with Crippen molar-refractivity contribution >= 4 is 28.4 Å². The maximum atomic E-state index is 11.7. The zero-order valence-corrected chi connectivity index (χ0v) is 20.7. The number of nitrogens with one attached hydrogen (secondary N) is 1. The van der Waals surface area contributed by atoms with E-state index in [0.29, 0.717) is 23.2 Å². The second kappa shape index (κ2) is 9.68. The molecule has 1 saturated heterocycles. The topological polar surface area (TPSA) is 77.2 Å². The highest BCUT2D eigenvalue weighted by Gasteiger charge is 2.19. The van der Waals surface area contributed by atoms with E-state index in [2.05, 4.69) is 37.4 Å². The summed E-state index contributed by atoms with van der Waals surface area (Å²) >= 11 is 6.69. The van der Waals surface area contributed by atoms with Crippen molar-refractivity contribution in [3.8, 4) is 28.0 Å². The summed E-state index contributed by atoms with van der Waals surface area (Å²) in [5, 5.41) is 4.87. The van der Waals surface area contributed by atoms with Gasteiger partial charge in [0, 0.05) is 34.3 Å². The van der Waals surface area contributed by atoms with E-state index in [4.69, 9.17) is 27.1 Å². The van der Waals surface area contributed by atoms with Gasteiger partial charge in [-0.1, -0.05) is 53.1 Å². The van der Waals surface area contributed by atoms with Crippen LogP contribution in [-0.2, 0) is 0 Å². The average Bonchev–Trinajstić information content (AvgIpc) is 2.79. The number of carbonyl (C=O) groups excluding carboxylic acids is 1. The van der Waals surface area contributed by atoms with Gasteiger partial charge in [-0.15, -0.1) is 0 Å². The first kappa shape index (κ1) is 23.3. The molecule has 35 heavy (non-hydrogen) atoms. The predicted octanol–water partition coefficient (Wildman–Crippen LogP) is 6.07. The van der Waals surface area contributed by atoms with E-state index in [1.807, 2.05) is 30.5 Å².